The fourth-order valence-electron chi connectivity index (χ4n) is 1.70. The molecule has 6 nitrogen and oxygen atoms in total. The summed E-state index contributed by atoms with van der Waals surface area (Å²) in [6.07, 6.45) is 1.75. The van der Waals surface area contributed by atoms with E-state index in [9.17, 15) is 4.57 Å². The predicted molar refractivity (Wildman–Crippen MR) is 88.5 cm³/mol. The highest BCUT2D eigenvalue weighted by molar-refractivity contribution is 7.80. The van der Waals surface area contributed by atoms with Gasteiger partial charge in [-0.15, -0.1) is 0 Å². The number of nitrogens with zero attached hydrogens (tertiary/aromatic N) is 1. The minimum Gasteiger partial charge on any atom is -0.375 e. The molecule has 0 heterocycles. The largest absolute Gasteiger partial charge is 0.375 e. The van der Waals surface area contributed by atoms with Crippen molar-refractivity contribution in [1.82, 2.24) is 5.43 Å². The van der Waals surface area contributed by atoms with Crippen LogP contribution < -0.4 is 11.2 Å². The third-order valence-corrected chi connectivity index (χ3v) is 4.57. The van der Waals surface area contributed by atoms with Gasteiger partial charge in [0.15, 0.2) is 5.11 Å². The molecule has 0 aromatic heterocycles. The van der Waals surface area contributed by atoms with Crippen LogP contribution in [0.5, 0.6) is 0 Å². The molecule has 1 rings (SSSR count). The second kappa shape index (κ2) is 8.89. The third-order valence-electron chi connectivity index (χ3n) is 2.45. The summed E-state index contributed by atoms with van der Waals surface area (Å²) in [5.41, 5.74) is 9.39. The number of hydrogen-bond acceptors (Lipinski definition) is 5. The number of hydrogen-bond donors (Lipinski definition) is 2. The van der Waals surface area contributed by atoms with Crippen LogP contribution in [0, 0.1) is 0 Å². The molecule has 0 saturated heterocycles. The van der Waals surface area contributed by atoms with E-state index in [1.165, 1.54) is 0 Å². The molecule has 0 fully saturated rings. The lowest BCUT2D eigenvalue weighted by molar-refractivity contribution is 0.219. The molecule has 3 N–H and O–H groups in total. The maximum atomic E-state index is 12.6. The van der Waals surface area contributed by atoms with Crippen molar-refractivity contribution in [2.45, 2.75) is 20.0 Å². The van der Waals surface area contributed by atoms with E-state index in [-0.39, 0.29) is 11.3 Å². The van der Waals surface area contributed by atoms with Crippen molar-refractivity contribution in [3.05, 3.63) is 35.4 Å². The average Bonchev–Trinajstić information content (AvgIpc) is 2.40. The highest BCUT2D eigenvalue weighted by atomic mass is 32.1. The average molecular weight is 329 g/mol. The molecule has 0 aliphatic carbocycles. The molecule has 0 radical (unpaired) electrons. The van der Waals surface area contributed by atoms with Gasteiger partial charge in [0, 0.05) is 0 Å². The van der Waals surface area contributed by atoms with Gasteiger partial charge in [0.25, 0.3) is 0 Å². The molecule has 8 heteroatoms. The van der Waals surface area contributed by atoms with Crippen LogP contribution in [0.3, 0.4) is 0 Å². The van der Waals surface area contributed by atoms with Crippen LogP contribution in [-0.2, 0) is 19.8 Å². The Labute approximate surface area is 130 Å². The van der Waals surface area contributed by atoms with Crippen LogP contribution in [0.25, 0.3) is 0 Å². The van der Waals surface area contributed by atoms with E-state index in [0.717, 1.165) is 11.1 Å². The molecule has 0 atom stereocenters. The molecular formula is C13H20N3O3PS. The van der Waals surface area contributed by atoms with Gasteiger partial charge in [-0.25, -0.2) is 0 Å². The Morgan fingerprint density at radius 2 is 2.00 bits per heavy atom. The minimum atomic E-state index is -3.15. The Morgan fingerprint density at radius 1 is 1.38 bits per heavy atom. The number of nitrogens with one attached hydrogen (secondary N) is 1. The van der Waals surface area contributed by atoms with Gasteiger partial charge in [0.2, 0.25) is 0 Å². The van der Waals surface area contributed by atoms with Gasteiger partial charge >= 0.3 is 7.60 Å². The molecule has 0 aliphatic heterocycles. The molecule has 116 valence electrons. The van der Waals surface area contributed by atoms with Crippen molar-refractivity contribution in [2.24, 2.45) is 10.8 Å². The summed E-state index contributed by atoms with van der Waals surface area (Å²) >= 11 is 4.67. The predicted octanol–water partition coefficient (Wildman–Crippen LogP) is 2.62. The number of thiocarbonyl (C=S) groups is 1. The SMILES string of the molecule is CCOP(=O)(Cc1ccccc1/C=N/NC(N)=S)OCC. The summed E-state index contributed by atoms with van der Waals surface area (Å²) in [5, 5.41) is 3.99. The van der Waals surface area contributed by atoms with Crippen molar-refractivity contribution < 1.29 is 13.6 Å². The Hall–Kier alpha value is -1.27. The highest BCUT2D eigenvalue weighted by Gasteiger charge is 2.24. The summed E-state index contributed by atoms with van der Waals surface area (Å²) in [6.45, 7) is 4.23. The van der Waals surface area contributed by atoms with E-state index in [0.29, 0.717) is 13.2 Å². The van der Waals surface area contributed by atoms with E-state index in [4.69, 9.17) is 14.8 Å². The van der Waals surface area contributed by atoms with Gasteiger partial charge in [-0.1, -0.05) is 24.3 Å². The van der Waals surface area contributed by atoms with Crippen molar-refractivity contribution in [1.29, 1.82) is 0 Å². The first kappa shape index (κ1) is 17.8. The minimum absolute atomic E-state index is 0.0815. The summed E-state index contributed by atoms with van der Waals surface area (Å²) in [4.78, 5) is 0. The first-order chi connectivity index (χ1) is 10.0. The van der Waals surface area contributed by atoms with E-state index in [2.05, 4.69) is 22.7 Å². The second-order valence-electron chi connectivity index (χ2n) is 4.04. The normalized spacial score (nSPS) is 11.7. The van der Waals surface area contributed by atoms with Crippen LogP contribution in [-0.4, -0.2) is 24.5 Å². The summed E-state index contributed by atoms with van der Waals surface area (Å²) in [5.74, 6) is 0. The lowest BCUT2D eigenvalue weighted by Crippen LogP contribution is -2.24. The Morgan fingerprint density at radius 3 is 2.57 bits per heavy atom. The molecular weight excluding hydrogens is 309 g/mol. The van der Waals surface area contributed by atoms with Crippen molar-refractivity contribution >= 4 is 31.1 Å². The van der Waals surface area contributed by atoms with Crippen LogP contribution in [0.4, 0.5) is 0 Å². The van der Waals surface area contributed by atoms with Gasteiger partial charge in [0.1, 0.15) is 0 Å². The lowest BCUT2D eigenvalue weighted by atomic mass is 10.1. The fraction of sp³-hybridized carbons (Fsp3) is 0.385. The van der Waals surface area contributed by atoms with E-state index in [1.807, 2.05) is 24.3 Å². The summed E-state index contributed by atoms with van der Waals surface area (Å²) in [7, 11) is -3.15. The third kappa shape index (κ3) is 6.35. The Kier molecular flexibility index (Phi) is 7.53. The van der Waals surface area contributed by atoms with Gasteiger partial charge in [-0.05, 0) is 37.2 Å². The molecule has 1 aromatic carbocycles. The fourth-order valence-corrected chi connectivity index (χ4v) is 3.50. The maximum Gasteiger partial charge on any atom is 0.335 e. The lowest BCUT2D eigenvalue weighted by Gasteiger charge is -2.17. The molecule has 0 spiro atoms. The topological polar surface area (TPSA) is 85.9 Å². The number of hydrazone groups is 1. The van der Waals surface area contributed by atoms with Crippen molar-refractivity contribution in [2.75, 3.05) is 13.2 Å². The maximum absolute atomic E-state index is 12.6. The van der Waals surface area contributed by atoms with Crippen LogP contribution in [0.2, 0.25) is 0 Å². The monoisotopic (exact) mass is 329 g/mol. The zero-order valence-electron chi connectivity index (χ0n) is 12.1. The van der Waals surface area contributed by atoms with E-state index in [1.54, 1.807) is 20.1 Å². The van der Waals surface area contributed by atoms with Crippen molar-refractivity contribution in [3.8, 4) is 0 Å². The van der Waals surface area contributed by atoms with Gasteiger partial charge in [-0.3, -0.25) is 9.99 Å². The van der Waals surface area contributed by atoms with Crippen LogP contribution >= 0.6 is 19.8 Å². The molecule has 0 bridgehead atoms. The Bertz CT molecular complexity index is 541. The van der Waals surface area contributed by atoms with Gasteiger partial charge < -0.3 is 14.8 Å². The zero-order chi connectivity index (χ0) is 15.7. The first-order valence-corrected chi connectivity index (χ1v) is 8.69. The summed E-state index contributed by atoms with van der Waals surface area (Å²) < 4.78 is 23.2. The highest BCUT2D eigenvalue weighted by Crippen LogP contribution is 2.51. The Balaban J connectivity index is 2.94. The molecule has 21 heavy (non-hydrogen) atoms. The zero-order valence-corrected chi connectivity index (χ0v) is 13.8. The number of benzene rings is 1. The second-order valence-corrected chi connectivity index (χ2v) is 6.53. The number of rotatable bonds is 8. The smallest absolute Gasteiger partial charge is 0.335 e. The standard InChI is InChI=1S/C13H20N3O3PS/c1-3-18-20(17,19-4-2)10-12-8-6-5-7-11(12)9-15-16-13(14)21/h5-9H,3-4,10H2,1-2H3,(H3,14,16,21)/b15-9+. The molecule has 0 saturated carbocycles. The van der Waals surface area contributed by atoms with Crippen LogP contribution in [0.1, 0.15) is 25.0 Å². The van der Waals surface area contributed by atoms with Gasteiger partial charge in [0.05, 0.1) is 25.6 Å². The van der Waals surface area contributed by atoms with Gasteiger partial charge in [-0.2, -0.15) is 5.10 Å². The van der Waals surface area contributed by atoms with E-state index >= 15 is 0 Å². The first-order valence-electron chi connectivity index (χ1n) is 6.55. The molecule has 1 aromatic rings. The summed E-state index contributed by atoms with van der Waals surface area (Å²) in [6, 6.07) is 7.42. The van der Waals surface area contributed by atoms with Crippen molar-refractivity contribution in [3.63, 3.8) is 0 Å². The molecule has 0 amide bonds. The molecule has 0 aliphatic rings. The van der Waals surface area contributed by atoms with Crippen LogP contribution in [0.15, 0.2) is 29.4 Å². The molecule has 0 unspecified atom stereocenters. The quantitative estimate of drug-likeness (QED) is 0.330. The number of nitrogens with two attached hydrogens (primary N) is 1. The van der Waals surface area contributed by atoms with E-state index < -0.39 is 7.60 Å².